The van der Waals surface area contributed by atoms with Crippen molar-refractivity contribution in [1.82, 2.24) is 0 Å². The van der Waals surface area contributed by atoms with Crippen LogP contribution in [-0.4, -0.2) is 96.7 Å². The van der Waals surface area contributed by atoms with Gasteiger partial charge < -0.3 is 33.8 Å². The number of esters is 4. The molecule has 0 saturated heterocycles. The lowest BCUT2D eigenvalue weighted by Gasteiger charge is -2.21. The van der Waals surface area contributed by atoms with Gasteiger partial charge in [0.2, 0.25) is 0 Å². The Morgan fingerprint density at radius 1 is 0.270 bits per heavy atom. The Labute approximate surface area is 610 Å². The average Bonchev–Trinajstić information content (AvgIpc) is 1.01. The van der Waals surface area contributed by atoms with E-state index in [1.165, 1.54) is 128 Å². The zero-order chi connectivity index (χ0) is 73.2. The third kappa shape index (κ3) is 73.3. The number of phosphoric acid groups is 2. The number of carbonyl (C=O) groups is 4. The minimum Gasteiger partial charge on any atom is -0.462 e. The van der Waals surface area contributed by atoms with E-state index in [-0.39, 0.29) is 25.7 Å². The van der Waals surface area contributed by atoms with Crippen LogP contribution in [0.2, 0.25) is 0 Å². The van der Waals surface area contributed by atoms with Crippen LogP contribution in [0.15, 0.2) is 48.6 Å². The molecule has 0 aliphatic heterocycles. The highest BCUT2D eigenvalue weighted by atomic mass is 31.2. The summed E-state index contributed by atoms with van der Waals surface area (Å²) in [5, 5.41) is 10.6. The number of phosphoric ester groups is 2. The van der Waals surface area contributed by atoms with Crippen LogP contribution in [0, 0.1) is 0 Å². The van der Waals surface area contributed by atoms with Crippen LogP contribution in [0.25, 0.3) is 0 Å². The van der Waals surface area contributed by atoms with Gasteiger partial charge in [-0.1, -0.05) is 282 Å². The zero-order valence-electron chi connectivity index (χ0n) is 64.1. The second-order valence-corrected chi connectivity index (χ2v) is 30.6. The molecule has 0 aromatic carbocycles. The van der Waals surface area contributed by atoms with Crippen molar-refractivity contribution in [2.24, 2.45) is 0 Å². The van der Waals surface area contributed by atoms with Crippen LogP contribution in [0.1, 0.15) is 387 Å². The van der Waals surface area contributed by atoms with Crippen LogP contribution < -0.4 is 0 Å². The second kappa shape index (κ2) is 74.3. The Balaban J connectivity index is 5.33. The summed E-state index contributed by atoms with van der Waals surface area (Å²) in [5.74, 6) is -2.15. The van der Waals surface area contributed by atoms with Gasteiger partial charge in [-0.25, -0.2) is 9.13 Å². The zero-order valence-corrected chi connectivity index (χ0v) is 65.9. The van der Waals surface area contributed by atoms with Crippen molar-refractivity contribution in [3.05, 3.63) is 48.6 Å². The monoisotopic (exact) mass is 1460 g/mol. The summed E-state index contributed by atoms with van der Waals surface area (Å²) in [6.07, 6.45) is 72.1. The normalized spacial score (nSPS) is 14.1. The summed E-state index contributed by atoms with van der Waals surface area (Å²) < 4.78 is 68.7. The molecule has 17 nitrogen and oxygen atoms in total. The number of allylic oxidation sites excluding steroid dienone is 8. The lowest BCUT2D eigenvalue weighted by atomic mass is 10.1. The minimum absolute atomic E-state index is 0.0945. The van der Waals surface area contributed by atoms with Crippen molar-refractivity contribution >= 4 is 39.5 Å². The first-order valence-electron chi connectivity index (χ1n) is 40.9. The van der Waals surface area contributed by atoms with Gasteiger partial charge in [-0.2, -0.15) is 0 Å². The van der Waals surface area contributed by atoms with Gasteiger partial charge in [-0.15, -0.1) is 0 Å². The maximum Gasteiger partial charge on any atom is 0.472 e. The molecule has 0 amide bonds. The van der Waals surface area contributed by atoms with Crippen LogP contribution in [0.4, 0.5) is 0 Å². The first kappa shape index (κ1) is 97.0. The quantitative estimate of drug-likeness (QED) is 0.0169. The highest BCUT2D eigenvalue weighted by Gasteiger charge is 2.30. The summed E-state index contributed by atoms with van der Waals surface area (Å²) in [5.41, 5.74) is 0. The smallest absolute Gasteiger partial charge is 0.462 e. The summed E-state index contributed by atoms with van der Waals surface area (Å²) >= 11 is 0. The number of ether oxygens (including phenoxy) is 4. The van der Waals surface area contributed by atoms with Crippen LogP contribution in [0.5, 0.6) is 0 Å². The molecule has 19 heteroatoms. The first-order valence-corrected chi connectivity index (χ1v) is 43.9. The van der Waals surface area contributed by atoms with E-state index in [0.29, 0.717) is 25.7 Å². The van der Waals surface area contributed by atoms with E-state index in [9.17, 15) is 43.2 Å². The van der Waals surface area contributed by atoms with E-state index >= 15 is 0 Å². The molecule has 0 aromatic heterocycles. The molecule has 4 atom stereocenters. The number of hydrogen-bond donors (Lipinski definition) is 3. The van der Waals surface area contributed by atoms with E-state index < -0.39 is 97.5 Å². The average molecular weight is 1460 g/mol. The predicted octanol–water partition coefficient (Wildman–Crippen LogP) is 23.7. The second-order valence-electron chi connectivity index (χ2n) is 27.7. The van der Waals surface area contributed by atoms with Crippen molar-refractivity contribution in [2.45, 2.75) is 406 Å². The van der Waals surface area contributed by atoms with Gasteiger partial charge in [0.15, 0.2) is 12.2 Å². The molecule has 586 valence electrons. The van der Waals surface area contributed by atoms with Crippen molar-refractivity contribution in [3.63, 3.8) is 0 Å². The fourth-order valence-electron chi connectivity index (χ4n) is 11.4. The summed E-state index contributed by atoms with van der Waals surface area (Å²) in [6.45, 7) is 4.90. The Morgan fingerprint density at radius 2 is 0.460 bits per heavy atom. The topological polar surface area (TPSA) is 237 Å². The van der Waals surface area contributed by atoms with Gasteiger partial charge in [0, 0.05) is 25.7 Å². The molecular formula is C81H150O17P2. The maximum atomic E-state index is 13.1. The number of aliphatic hydroxyl groups is 1. The maximum absolute atomic E-state index is 13.1. The molecule has 0 spiro atoms. The number of carbonyl (C=O) groups excluding carboxylic acids is 4. The Kier molecular flexibility index (Phi) is 72.1. The van der Waals surface area contributed by atoms with Gasteiger partial charge in [0.1, 0.15) is 19.3 Å². The molecule has 0 heterocycles. The van der Waals surface area contributed by atoms with E-state index in [4.69, 9.17) is 37.0 Å². The molecule has 4 unspecified atom stereocenters. The Morgan fingerprint density at radius 3 is 0.690 bits per heavy atom. The third-order valence-corrected chi connectivity index (χ3v) is 19.6. The molecular weight excluding hydrogens is 1310 g/mol. The fourth-order valence-corrected chi connectivity index (χ4v) is 13.0. The number of hydrogen-bond acceptors (Lipinski definition) is 15. The van der Waals surface area contributed by atoms with Crippen LogP contribution in [-0.2, 0) is 65.4 Å². The minimum atomic E-state index is -4.97. The lowest BCUT2D eigenvalue weighted by molar-refractivity contribution is -0.161. The molecule has 0 fully saturated rings. The van der Waals surface area contributed by atoms with Gasteiger partial charge >= 0.3 is 39.5 Å². The van der Waals surface area contributed by atoms with E-state index in [1.807, 2.05) is 0 Å². The fraction of sp³-hybridized carbons (Fsp3) is 0.852. The van der Waals surface area contributed by atoms with Gasteiger partial charge in [0.25, 0.3) is 0 Å². The molecule has 100 heavy (non-hydrogen) atoms. The largest absolute Gasteiger partial charge is 0.472 e. The third-order valence-electron chi connectivity index (χ3n) is 17.7. The SMILES string of the molecule is CCCCCCC=CCCCCCCCCCC(=O)OCC(COP(=O)(O)OCC(O)COP(=O)(O)OCC(COC(=O)CCCCCCCCCC=CCCCCCC)OC(=O)CCCCCCCCCC=CCCCCCC)OC(=O)CCCCCCCCCC=CCCCCCC. The van der Waals surface area contributed by atoms with Crippen molar-refractivity contribution in [3.8, 4) is 0 Å². The highest BCUT2D eigenvalue weighted by Crippen LogP contribution is 2.45. The molecule has 3 N–H and O–H groups in total. The molecule has 0 aliphatic rings. The van der Waals surface area contributed by atoms with Crippen molar-refractivity contribution in [2.75, 3.05) is 39.6 Å². The molecule has 0 aliphatic carbocycles. The van der Waals surface area contributed by atoms with Gasteiger partial charge in [-0.05, 0) is 128 Å². The predicted molar refractivity (Wildman–Crippen MR) is 409 cm³/mol. The summed E-state index contributed by atoms with van der Waals surface area (Å²) in [7, 11) is -9.94. The Bertz CT molecular complexity index is 1940. The van der Waals surface area contributed by atoms with E-state index in [2.05, 4.69) is 76.3 Å². The highest BCUT2D eigenvalue weighted by molar-refractivity contribution is 7.47. The van der Waals surface area contributed by atoms with Gasteiger partial charge in [0.05, 0.1) is 26.4 Å². The Hall–Kier alpha value is -2.98. The number of aliphatic hydroxyl groups excluding tert-OH is 1. The number of unbranched alkanes of at least 4 members (excludes halogenated alkanes) is 44. The number of rotatable bonds is 78. The van der Waals surface area contributed by atoms with E-state index in [0.717, 1.165) is 180 Å². The first-order chi connectivity index (χ1) is 48.7. The molecule has 0 radical (unpaired) electrons. The lowest BCUT2D eigenvalue weighted by Crippen LogP contribution is -2.30. The molecule has 0 bridgehead atoms. The van der Waals surface area contributed by atoms with Crippen LogP contribution in [0.3, 0.4) is 0 Å². The van der Waals surface area contributed by atoms with E-state index in [1.54, 1.807) is 0 Å². The van der Waals surface area contributed by atoms with Crippen LogP contribution >= 0.6 is 15.6 Å². The van der Waals surface area contributed by atoms with Gasteiger partial charge in [-0.3, -0.25) is 37.3 Å². The van der Waals surface area contributed by atoms with Crippen molar-refractivity contribution in [1.29, 1.82) is 0 Å². The summed E-state index contributed by atoms with van der Waals surface area (Å²) in [6, 6.07) is 0. The molecule has 0 rings (SSSR count). The standard InChI is InChI=1S/C81H150O17P2/c1-5-9-13-17-21-25-29-33-37-41-45-49-53-57-61-65-78(83)91-71-76(97-80(85)67-63-59-55-51-47-43-39-35-31-27-23-19-15-11-7-3)73-95-99(87,88)93-69-75(82)70-94-100(89,90)96-74-77(98-81(86)68-64-60-56-52-48-44-40-36-32-28-24-20-16-12-8-4)72-92-79(84)66-62-58-54-50-46-42-38-34-30-26-22-18-14-10-6-2/h25-32,75-77,82H,5-24,33-74H2,1-4H3,(H,87,88)(H,89,90). The molecule has 0 aromatic rings. The summed E-state index contributed by atoms with van der Waals surface area (Å²) in [4.78, 5) is 73.0. The molecule has 0 saturated carbocycles. The van der Waals surface area contributed by atoms with Crippen molar-refractivity contribution < 1.29 is 80.2 Å².